The van der Waals surface area contributed by atoms with Gasteiger partial charge in [-0.05, 0) is 12.2 Å². The molecule has 8 N–H and O–H groups in total. The van der Waals surface area contributed by atoms with Crippen molar-refractivity contribution in [2.75, 3.05) is 13.2 Å². The van der Waals surface area contributed by atoms with Crippen LogP contribution >= 0.6 is 12.2 Å². The van der Waals surface area contributed by atoms with Gasteiger partial charge in [0.1, 0.15) is 18.3 Å². The number of nitrogens with zero attached hydrogens (tertiary/aromatic N) is 1. The number of carboxylic acids is 1. The first-order valence-corrected chi connectivity index (χ1v) is 10.4. The minimum Gasteiger partial charge on any atom is -0.478 e. The van der Waals surface area contributed by atoms with Crippen LogP contribution in [0.5, 0.6) is 0 Å². The molecule has 190 valence electrons. The van der Waals surface area contributed by atoms with E-state index in [9.17, 15) is 44.4 Å². The normalized spacial score (nSPS) is 22.6. The Balaban J connectivity index is 1.68. The van der Waals surface area contributed by atoms with Crippen molar-refractivity contribution < 1.29 is 39.5 Å². The number of aliphatic carboxylic acids is 1. The molecule has 3 heterocycles. The van der Waals surface area contributed by atoms with Crippen molar-refractivity contribution in [3.8, 4) is 0 Å². The van der Waals surface area contributed by atoms with Crippen molar-refractivity contribution in [2.24, 2.45) is 0 Å². The molecule has 1 aliphatic rings. The Kier molecular flexibility index (Phi) is 8.10. The van der Waals surface area contributed by atoms with Gasteiger partial charge in [0.25, 0.3) is 11.1 Å². The lowest BCUT2D eigenvalue weighted by atomic mass is 10.1. The summed E-state index contributed by atoms with van der Waals surface area (Å²) in [6.07, 6.45) is -5.09. The fourth-order valence-electron chi connectivity index (χ4n) is 3.29. The summed E-state index contributed by atoms with van der Waals surface area (Å²) >= 11 is 5.06. The van der Waals surface area contributed by atoms with Crippen molar-refractivity contribution in [3.05, 3.63) is 59.5 Å². The second-order valence-electron chi connectivity index (χ2n) is 7.39. The number of carboxylic acid groups (broad SMARTS) is 1. The van der Waals surface area contributed by atoms with E-state index in [4.69, 9.17) is 21.7 Å². The van der Waals surface area contributed by atoms with E-state index in [0.717, 1.165) is 6.20 Å². The first-order chi connectivity index (χ1) is 16.5. The van der Waals surface area contributed by atoms with Crippen LogP contribution in [0.25, 0.3) is 0 Å². The Morgan fingerprint density at radius 3 is 2.51 bits per heavy atom. The fourth-order valence-corrected chi connectivity index (χ4v) is 3.54. The van der Waals surface area contributed by atoms with Gasteiger partial charge in [-0.1, -0.05) is 0 Å². The SMILES string of the molecule is O=C(CNCc1cn([C@@H]2O[C@H](CO)[C@@H](O)[C@H]2O)c(=S)[nH]c1=O)OC(C(=O)O)c1c[nH]c(=O)[nH]c1=O. The molecule has 1 unspecified atom stereocenters. The van der Waals surface area contributed by atoms with Gasteiger partial charge < -0.3 is 40.2 Å². The van der Waals surface area contributed by atoms with Gasteiger partial charge >= 0.3 is 17.6 Å². The molecule has 0 aliphatic carbocycles. The molecule has 2 aromatic rings. The molecule has 0 aromatic carbocycles. The summed E-state index contributed by atoms with van der Waals surface area (Å²) in [6, 6.07) is 0. The van der Waals surface area contributed by atoms with Crippen LogP contribution in [-0.4, -0.2) is 83.3 Å². The lowest BCUT2D eigenvalue weighted by Crippen LogP contribution is -2.34. The van der Waals surface area contributed by atoms with Crippen LogP contribution in [0.3, 0.4) is 0 Å². The van der Waals surface area contributed by atoms with E-state index in [1.807, 2.05) is 4.98 Å². The summed E-state index contributed by atoms with van der Waals surface area (Å²) in [5.41, 5.74) is -3.05. The minimum atomic E-state index is -2.00. The predicted molar refractivity (Wildman–Crippen MR) is 115 cm³/mol. The van der Waals surface area contributed by atoms with Gasteiger partial charge in [0, 0.05) is 24.5 Å². The number of carbonyl (C=O) groups is 2. The van der Waals surface area contributed by atoms with Crippen LogP contribution in [-0.2, 0) is 25.6 Å². The molecule has 17 heteroatoms. The lowest BCUT2D eigenvalue weighted by molar-refractivity contribution is -0.164. The van der Waals surface area contributed by atoms with Crippen molar-refractivity contribution >= 4 is 24.2 Å². The number of H-pyrrole nitrogens is 3. The Hall–Kier alpha value is -3.48. The van der Waals surface area contributed by atoms with Crippen LogP contribution < -0.4 is 22.1 Å². The standard InChI is InChI=1S/C18H21N5O11S/c24-5-8-10(26)11(27)15(33-8)23-4-6(13(28)22-18(23)35)1-19-3-9(25)34-12(16(30)31)7-2-20-17(32)21-14(7)29/h2,4,8,10-12,15,19,24,26-27H,1,3,5H2,(H,30,31)(H,22,28,35)(H2,20,21,29,32)/t8-,10-,11-,12?,15-/m1/s1. The van der Waals surface area contributed by atoms with Crippen LogP contribution in [0.1, 0.15) is 23.5 Å². The molecule has 5 atom stereocenters. The molecule has 0 radical (unpaired) electrons. The highest BCUT2D eigenvalue weighted by atomic mass is 32.1. The molecule has 35 heavy (non-hydrogen) atoms. The van der Waals surface area contributed by atoms with Crippen molar-refractivity contribution in [1.29, 1.82) is 0 Å². The molecule has 0 amide bonds. The van der Waals surface area contributed by atoms with E-state index < -0.39 is 78.1 Å². The van der Waals surface area contributed by atoms with E-state index in [2.05, 4.69) is 15.3 Å². The Labute approximate surface area is 198 Å². The molecule has 0 spiro atoms. The second kappa shape index (κ2) is 10.8. The largest absolute Gasteiger partial charge is 0.478 e. The third-order valence-corrected chi connectivity index (χ3v) is 5.33. The van der Waals surface area contributed by atoms with Crippen LogP contribution in [0.2, 0.25) is 0 Å². The molecule has 2 aromatic heterocycles. The maximum absolute atomic E-state index is 12.2. The highest BCUT2D eigenvalue weighted by Crippen LogP contribution is 2.29. The van der Waals surface area contributed by atoms with Crippen molar-refractivity contribution in [2.45, 2.75) is 37.2 Å². The van der Waals surface area contributed by atoms with Crippen molar-refractivity contribution in [3.63, 3.8) is 0 Å². The topological polar surface area (TPSA) is 249 Å². The van der Waals surface area contributed by atoms with Gasteiger partial charge in [-0.25, -0.2) is 9.59 Å². The summed E-state index contributed by atoms with van der Waals surface area (Å²) in [6.45, 7) is -1.38. The number of ether oxygens (including phenoxy) is 2. The van der Waals surface area contributed by atoms with Gasteiger partial charge in [-0.2, -0.15) is 0 Å². The number of aliphatic hydroxyl groups is 3. The summed E-state index contributed by atoms with van der Waals surface area (Å²) in [7, 11) is 0. The number of aromatic amines is 3. The zero-order chi connectivity index (χ0) is 25.9. The van der Waals surface area contributed by atoms with Gasteiger partial charge in [0.2, 0.25) is 6.10 Å². The quantitative estimate of drug-likeness (QED) is 0.119. The van der Waals surface area contributed by atoms with Crippen molar-refractivity contribution in [1.82, 2.24) is 24.8 Å². The maximum atomic E-state index is 12.2. The number of hydrogen-bond acceptors (Lipinski definition) is 12. The zero-order valence-electron chi connectivity index (χ0n) is 17.7. The Morgan fingerprint density at radius 1 is 1.20 bits per heavy atom. The van der Waals surface area contributed by atoms with Gasteiger partial charge in [-0.15, -0.1) is 0 Å². The summed E-state index contributed by atoms with van der Waals surface area (Å²) in [4.78, 5) is 64.9. The number of esters is 1. The first kappa shape index (κ1) is 26.1. The molecule has 3 rings (SSSR count). The average molecular weight is 515 g/mol. The van der Waals surface area contributed by atoms with Crippen LogP contribution in [0.15, 0.2) is 26.8 Å². The molecular formula is C18H21N5O11S. The van der Waals surface area contributed by atoms with E-state index in [1.165, 1.54) is 10.8 Å². The lowest BCUT2D eigenvalue weighted by Gasteiger charge is -2.19. The minimum absolute atomic E-state index is 0.0241. The fraction of sp³-hybridized carbons (Fsp3) is 0.444. The number of rotatable bonds is 9. The maximum Gasteiger partial charge on any atom is 0.350 e. The van der Waals surface area contributed by atoms with Crippen LogP contribution in [0, 0.1) is 4.77 Å². The van der Waals surface area contributed by atoms with E-state index >= 15 is 0 Å². The van der Waals surface area contributed by atoms with Crippen LogP contribution in [0.4, 0.5) is 0 Å². The molecule has 1 aliphatic heterocycles. The predicted octanol–water partition coefficient (Wildman–Crippen LogP) is -3.65. The van der Waals surface area contributed by atoms with E-state index in [-0.39, 0.29) is 16.9 Å². The monoisotopic (exact) mass is 515 g/mol. The first-order valence-electron chi connectivity index (χ1n) is 9.95. The smallest absolute Gasteiger partial charge is 0.350 e. The molecule has 0 saturated carbocycles. The highest BCUT2D eigenvalue weighted by Gasteiger charge is 2.43. The third kappa shape index (κ3) is 5.78. The van der Waals surface area contributed by atoms with Gasteiger partial charge in [-0.3, -0.25) is 28.9 Å². The average Bonchev–Trinajstić information content (AvgIpc) is 3.07. The summed E-state index contributed by atoms with van der Waals surface area (Å²) in [5.74, 6) is -2.75. The number of carbonyl (C=O) groups excluding carboxylic acids is 1. The van der Waals surface area contributed by atoms with Gasteiger partial charge in [0.15, 0.2) is 11.0 Å². The number of hydrogen-bond donors (Lipinski definition) is 8. The summed E-state index contributed by atoms with van der Waals surface area (Å²) in [5, 5.41) is 41.2. The molecule has 16 nitrogen and oxygen atoms in total. The van der Waals surface area contributed by atoms with E-state index in [1.54, 1.807) is 0 Å². The third-order valence-electron chi connectivity index (χ3n) is 5.02. The highest BCUT2D eigenvalue weighted by molar-refractivity contribution is 7.71. The van der Waals surface area contributed by atoms with E-state index in [0.29, 0.717) is 0 Å². The number of aliphatic hydroxyl groups excluding tert-OH is 3. The Morgan fingerprint density at radius 2 is 1.91 bits per heavy atom. The molecule has 0 bridgehead atoms. The number of aromatic nitrogens is 4. The Bertz CT molecular complexity index is 1330. The summed E-state index contributed by atoms with van der Waals surface area (Å²) < 4.78 is 11.2. The molecular weight excluding hydrogens is 494 g/mol. The van der Waals surface area contributed by atoms with Gasteiger partial charge in [0.05, 0.1) is 18.7 Å². The molecule has 1 fully saturated rings. The number of nitrogens with one attached hydrogen (secondary N) is 4. The molecule has 1 saturated heterocycles. The second-order valence-corrected chi connectivity index (χ2v) is 7.78. The zero-order valence-corrected chi connectivity index (χ0v) is 18.5.